The lowest BCUT2D eigenvalue weighted by molar-refractivity contribution is 0.661. The molecule has 0 saturated carbocycles. The van der Waals surface area contributed by atoms with Crippen LogP contribution in [0, 0.1) is 0 Å². The first-order chi connectivity index (χ1) is 24.0. The largest absolute Gasteiger partial charge is 0.310 e. The van der Waals surface area contributed by atoms with E-state index in [0.29, 0.717) is 0 Å². The lowest BCUT2D eigenvalue weighted by Crippen LogP contribution is -2.18. The number of nitrogens with zero attached hydrogens (tertiary/aromatic N) is 2. The van der Waals surface area contributed by atoms with Gasteiger partial charge in [-0.05, 0) is 119 Å². The van der Waals surface area contributed by atoms with Crippen molar-refractivity contribution in [1.82, 2.24) is 0 Å². The van der Waals surface area contributed by atoms with Gasteiger partial charge in [-0.15, -0.1) is 0 Å². The van der Waals surface area contributed by atoms with Crippen LogP contribution in [-0.2, 0) is 5.41 Å². The van der Waals surface area contributed by atoms with Gasteiger partial charge in [-0.3, -0.25) is 0 Å². The fourth-order valence-corrected chi connectivity index (χ4v) is 9.44. The smallest absolute Gasteiger partial charge is 0.0543 e. The van der Waals surface area contributed by atoms with Crippen LogP contribution in [0.5, 0.6) is 0 Å². The van der Waals surface area contributed by atoms with Crippen molar-refractivity contribution in [1.29, 1.82) is 0 Å². The molecule has 7 aromatic rings. The summed E-state index contributed by atoms with van der Waals surface area (Å²) in [6.45, 7) is 4.77. The van der Waals surface area contributed by atoms with E-state index in [9.17, 15) is 0 Å². The third kappa shape index (κ3) is 5.94. The first kappa shape index (κ1) is 32.7. The van der Waals surface area contributed by atoms with Crippen LogP contribution in [-0.4, -0.2) is 0 Å². The van der Waals surface area contributed by atoms with Crippen molar-refractivity contribution >= 4 is 105 Å². The van der Waals surface area contributed by atoms with Crippen molar-refractivity contribution in [2.75, 3.05) is 9.80 Å². The number of halogens is 2. The van der Waals surface area contributed by atoms with Gasteiger partial charge in [0.05, 0.1) is 5.69 Å². The molecule has 2 nitrogen and oxygen atoms in total. The molecule has 0 spiro atoms. The van der Waals surface area contributed by atoms with E-state index in [0.717, 1.165) is 28.4 Å². The predicted molar refractivity (Wildman–Crippen MR) is 231 cm³/mol. The van der Waals surface area contributed by atoms with Gasteiger partial charge in [0, 0.05) is 91.4 Å². The van der Waals surface area contributed by atoms with Gasteiger partial charge < -0.3 is 9.80 Å². The summed E-state index contributed by atoms with van der Waals surface area (Å²) in [7, 11) is 3.48. The number of hydrogen-bond acceptors (Lipinski definition) is 4. The molecule has 0 bridgehead atoms. The molecule has 49 heavy (non-hydrogen) atoms. The van der Waals surface area contributed by atoms with E-state index in [4.69, 9.17) is 0 Å². The Morgan fingerprint density at radius 2 is 0.918 bits per heavy atom. The summed E-state index contributed by atoms with van der Waals surface area (Å²) >= 11 is 4.70. The van der Waals surface area contributed by atoms with Crippen LogP contribution in [0.25, 0.3) is 21.9 Å². The van der Waals surface area contributed by atoms with Crippen LogP contribution in [0.1, 0.15) is 25.0 Å². The zero-order chi connectivity index (χ0) is 33.5. The summed E-state index contributed by atoms with van der Waals surface area (Å²) in [4.78, 5) is 7.28. The van der Waals surface area contributed by atoms with Crippen LogP contribution in [0.15, 0.2) is 168 Å². The van der Waals surface area contributed by atoms with E-state index in [2.05, 4.69) is 224 Å². The molecule has 7 aromatic carbocycles. The van der Waals surface area contributed by atoms with Gasteiger partial charge >= 0.3 is 0 Å². The molecular formula is C43H32I2N2S2. The summed E-state index contributed by atoms with van der Waals surface area (Å²) in [6, 6.07) is 57.7. The zero-order valence-electron chi connectivity index (χ0n) is 27.0. The molecule has 0 heterocycles. The molecule has 0 fully saturated rings. The van der Waals surface area contributed by atoms with E-state index < -0.39 is 0 Å². The van der Waals surface area contributed by atoms with Crippen LogP contribution < -0.4 is 9.80 Å². The Balaban J connectivity index is 1.32. The molecule has 0 unspecified atom stereocenters. The third-order valence-corrected chi connectivity index (χ3v) is 13.5. The molecule has 1 aliphatic rings. The highest BCUT2D eigenvalue weighted by molar-refractivity contribution is 14.2. The summed E-state index contributed by atoms with van der Waals surface area (Å²) in [5.41, 5.74) is 12.0. The summed E-state index contributed by atoms with van der Waals surface area (Å²) in [6.07, 6.45) is 0. The highest BCUT2D eigenvalue weighted by Gasteiger charge is 2.38. The minimum Gasteiger partial charge on any atom is -0.310 e. The molecule has 0 radical (unpaired) electrons. The Hall–Kier alpha value is -3.44. The van der Waals surface area contributed by atoms with Crippen molar-refractivity contribution < 1.29 is 0 Å². The Morgan fingerprint density at radius 1 is 0.449 bits per heavy atom. The van der Waals surface area contributed by atoms with Crippen molar-refractivity contribution in [3.63, 3.8) is 0 Å². The lowest BCUT2D eigenvalue weighted by atomic mass is 9.81. The maximum absolute atomic E-state index is 2.46. The second kappa shape index (κ2) is 13.7. The van der Waals surface area contributed by atoms with Crippen LogP contribution in [0.4, 0.5) is 34.1 Å². The SMILES string of the molecule is CC1(C)c2cc(N(c3ccccc3)c3ccc(SI)cc3)ccc2-c2c1cc(N(c1ccccc1)c1ccc(SI)cc1)c1ccccc21. The molecular weight excluding hydrogens is 862 g/mol. The topological polar surface area (TPSA) is 6.48 Å². The highest BCUT2D eigenvalue weighted by atomic mass is 127. The molecule has 0 aromatic heterocycles. The molecule has 240 valence electrons. The number of benzene rings is 7. The van der Waals surface area contributed by atoms with Gasteiger partial charge in [0.25, 0.3) is 0 Å². The van der Waals surface area contributed by atoms with Gasteiger partial charge in [0.1, 0.15) is 0 Å². The Morgan fingerprint density at radius 3 is 1.49 bits per heavy atom. The fraction of sp³-hybridized carbons (Fsp3) is 0.0698. The zero-order valence-corrected chi connectivity index (χ0v) is 32.9. The second-order valence-electron chi connectivity index (χ2n) is 12.7. The monoisotopic (exact) mass is 894 g/mol. The number of rotatable bonds is 8. The minimum atomic E-state index is -0.229. The van der Waals surface area contributed by atoms with Gasteiger partial charge in [-0.2, -0.15) is 0 Å². The number of para-hydroxylation sites is 2. The molecule has 0 N–H and O–H groups in total. The van der Waals surface area contributed by atoms with E-state index >= 15 is 0 Å². The van der Waals surface area contributed by atoms with Gasteiger partial charge in [0.2, 0.25) is 0 Å². The fourth-order valence-electron chi connectivity index (χ4n) is 7.20. The van der Waals surface area contributed by atoms with E-state index in [-0.39, 0.29) is 5.41 Å². The normalized spacial score (nSPS) is 12.8. The molecule has 0 aliphatic heterocycles. The Labute approximate surface area is 321 Å². The second-order valence-corrected chi connectivity index (χ2v) is 16.6. The average molecular weight is 895 g/mol. The van der Waals surface area contributed by atoms with Gasteiger partial charge in [-0.25, -0.2) is 0 Å². The predicted octanol–water partition coefficient (Wildman–Crippen LogP) is 15.0. The molecule has 0 atom stereocenters. The summed E-state index contributed by atoms with van der Waals surface area (Å²) in [5.74, 6) is 0. The molecule has 1 aliphatic carbocycles. The number of hydrogen-bond donors (Lipinski definition) is 0. The first-order valence-electron chi connectivity index (χ1n) is 16.2. The average Bonchev–Trinajstić information content (AvgIpc) is 3.38. The molecule has 6 heteroatoms. The number of anilines is 6. The van der Waals surface area contributed by atoms with Crippen molar-refractivity contribution in [2.24, 2.45) is 0 Å². The lowest BCUT2D eigenvalue weighted by Gasteiger charge is -2.30. The first-order valence-corrected chi connectivity index (χ1v) is 22.9. The molecule has 0 saturated heterocycles. The van der Waals surface area contributed by atoms with Crippen LogP contribution in [0.2, 0.25) is 0 Å². The minimum absolute atomic E-state index is 0.229. The molecule has 8 rings (SSSR count). The number of fused-ring (bicyclic) bond motifs is 5. The van der Waals surface area contributed by atoms with E-state index in [1.807, 2.05) is 0 Å². The highest BCUT2D eigenvalue weighted by Crippen LogP contribution is 2.55. The third-order valence-electron chi connectivity index (χ3n) is 9.54. The molecule has 0 amide bonds. The van der Waals surface area contributed by atoms with Gasteiger partial charge in [-0.1, -0.05) is 98.4 Å². The Kier molecular flexibility index (Phi) is 9.16. The quantitative estimate of drug-likeness (QED) is 0.140. The summed E-state index contributed by atoms with van der Waals surface area (Å²) < 4.78 is 0. The van der Waals surface area contributed by atoms with Gasteiger partial charge in [0.15, 0.2) is 0 Å². The van der Waals surface area contributed by atoms with E-state index in [1.165, 1.54) is 48.5 Å². The van der Waals surface area contributed by atoms with Crippen molar-refractivity contribution in [3.8, 4) is 11.1 Å². The van der Waals surface area contributed by atoms with Crippen LogP contribution >= 0.6 is 60.3 Å². The Bertz CT molecular complexity index is 2270. The summed E-state index contributed by atoms with van der Waals surface area (Å²) in [5, 5.41) is 2.52. The maximum Gasteiger partial charge on any atom is 0.0543 e. The van der Waals surface area contributed by atoms with Crippen molar-refractivity contribution in [3.05, 3.63) is 169 Å². The van der Waals surface area contributed by atoms with Crippen molar-refractivity contribution in [2.45, 2.75) is 29.1 Å². The van der Waals surface area contributed by atoms with Crippen LogP contribution in [0.3, 0.4) is 0 Å². The maximum atomic E-state index is 2.46. The standard InChI is InChI=1S/C43H32I2N2S2/c1-43(2)39-27-33(46(29-11-5-3-6-12-29)31-17-22-34(48-44)23-18-31)21-26-38(39)42-37-16-10-9-15-36(37)41(28-40(42)43)47(30-13-7-4-8-14-30)32-19-24-35(49-45)25-20-32/h3-28H,1-2H3. The van der Waals surface area contributed by atoms with E-state index in [1.54, 1.807) is 17.9 Å².